The van der Waals surface area contributed by atoms with E-state index in [1.54, 1.807) is 12.1 Å². The molecule has 1 fully saturated rings. The molecule has 7 heteroatoms. The van der Waals surface area contributed by atoms with E-state index in [-0.39, 0.29) is 17.8 Å². The fourth-order valence-corrected chi connectivity index (χ4v) is 4.79. The first-order valence-electron chi connectivity index (χ1n) is 11.9. The van der Waals surface area contributed by atoms with Crippen molar-refractivity contribution in [2.45, 2.75) is 51.0 Å². The highest BCUT2D eigenvalue weighted by molar-refractivity contribution is 5.94. The molecule has 1 atom stereocenters. The van der Waals surface area contributed by atoms with Gasteiger partial charge in [0.1, 0.15) is 11.9 Å². The Morgan fingerprint density at radius 1 is 1.09 bits per heavy atom. The van der Waals surface area contributed by atoms with Crippen LogP contribution in [0.5, 0.6) is 0 Å². The van der Waals surface area contributed by atoms with E-state index in [4.69, 9.17) is 9.72 Å². The number of hydrogen-bond donors (Lipinski definition) is 1. The van der Waals surface area contributed by atoms with Gasteiger partial charge in [-0.25, -0.2) is 4.39 Å². The second-order valence-corrected chi connectivity index (χ2v) is 8.88. The summed E-state index contributed by atoms with van der Waals surface area (Å²) in [5.74, 6) is -0.270. The number of pyridine rings is 1. The molecule has 1 N–H and O–H groups in total. The van der Waals surface area contributed by atoms with Crippen LogP contribution in [0.15, 0.2) is 42.5 Å². The van der Waals surface area contributed by atoms with Crippen molar-refractivity contribution in [3.05, 3.63) is 82.2 Å². The molecule has 0 saturated carbocycles. The Labute approximate surface area is 193 Å². The van der Waals surface area contributed by atoms with Gasteiger partial charge in [-0.3, -0.25) is 14.9 Å². The normalized spacial score (nSPS) is 18.9. The van der Waals surface area contributed by atoms with Crippen LogP contribution in [0.25, 0.3) is 0 Å². The topological polar surface area (TPSA) is 71.1 Å². The van der Waals surface area contributed by atoms with Crippen LogP contribution in [0.4, 0.5) is 4.39 Å². The molecule has 1 unspecified atom stereocenters. The van der Waals surface area contributed by atoms with Gasteiger partial charge in [0.15, 0.2) is 5.69 Å². The minimum atomic E-state index is -0.316. The number of H-pyrrole nitrogens is 1. The predicted molar refractivity (Wildman–Crippen MR) is 123 cm³/mol. The van der Waals surface area contributed by atoms with Gasteiger partial charge < -0.3 is 9.64 Å². The minimum absolute atomic E-state index is 0.0381. The summed E-state index contributed by atoms with van der Waals surface area (Å²) in [6.07, 6.45) is 6.62. The van der Waals surface area contributed by atoms with Gasteiger partial charge in [-0.05, 0) is 49.4 Å². The van der Waals surface area contributed by atoms with Crippen LogP contribution >= 0.6 is 0 Å². The largest absolute Gasteiger partial charge is 0.368 e. The van der Waals surface area contributed by atoms with Crippen molar-refractivity contribution >= 4 is 5.91 Å². The summed E-state index contributed by atoms with van der Waals surface area (Å²) in [6, 6.07) is 12.5. The summed E-state index contributed by atoms with van der Waals surface area (Å²) in [6.45, 7) is 1.41. The van der Waals surface area contributed by atoms with Crippen molar-refractivity contribution < 1.29 is 13.9 Å². The number of rotatable bonds is 4. The molecule has 33 heavy (non-hydrogen) atoms. The van der Waals surface area contributed by atoms with Gasteiger partial charge in [0, 0.05) is 29.9 Å². The average molecular weight is 449 g/mol. The Morgan fingerprint density at radius 2 is 1.94 bits per heavy atom. The Hall–Kier alpha value is -3.06. The first-order chi connectivity index (χ1) is 16.2. The van der Waals surface area contributed by atoms with Crippen LogP contribution in [-0.4, -0.2) is 45.7 Å². The van der Waals surface area contributed by atoms with Crippen molar-refractivity contribution in [2.24, 2.45) is 0 Å². The monoisotopic (exact) mass is 448 g/mol. The number of benzene rings is 1. The number of nitrogens with one attached hydrogen (secondary N) is 1. The number of aryl methyl sites for hydroxylation is 1. The molecule has 5 rings (SSSR count). The molecule has 1 aliphatic carbocycles. The van der Waals surface area contributed by atoms with Crippen LogP contribution < -0.4 is 0 Å². The molecule has 3 aromatic rings. The SMILES string of the molecule is O=C(c1n[nH]c2c1CCCCCC2)N1CCOC(c2cccc(Cc3ccccc3F)n2)C1. The molecule has 0 radical (unpaired) electrons. The van der Waals surface area contributed by atoms with Gasteiger partial charge in [-0.2, -0.15) is 5.10 Å². The predicted octanol–water partition coefficient (Wildman–Crippen LogP) is 4.41. The maximum atomic E-state index is 14.1. The Balaban J connectivity index is 1.31. The zero-order valence-electron chi connectivity index (χ0n) is 18.7. The van der Waals surface area contributed by atoms with E-state index >= 15 is 0 Å². The van der Waals surface area contributed by atoms with Gasteiger partial charge in [-0.15, -0.1) is 0 Å². The van der Waals surface area contributed by atoms with E-state index in [1.165, 1.54) is 18.9 Å². The lowest BCUT2D eigenvalue weighted by molar-refractivity contribution is -0.0250. The Kier molecular flexibility index (Phi) is 6.48. The van der Waals surface area contributed by atoms with Gasteiger partial charge in [-0.1, -0.05) is 37.1 Å². The molecule has 1 amide bonds. The number of halogens is 1. The van der Waals surface area contributed by atoms with Crippen molar-refractivity contribution in [2.75, 3.05) is 19.7 Å². The summed E-state index contributed by atoms with van der Waals surface area (Å²) >= 11 is 0. The third kappa shape index (κ3) is 4.83. The molecule has 1 aliphatic heterocycles. The first-order valence-corrected chi connectivity index (χ1v) is 11.9. The number of carbonyl (C=O) groups excluding carboxylic acids is 1. The van der Waals surface area contributed by atoms with Crippen LogP contribution in [0.2, 0.25) is 0 Å². The van der Waals surface area contributed by atoms with Gasteiger partial charge in [0.05, 0.1) is 18.8 Å². The van der Waals surface area contributed by atoms with E-state index in [1.807, 2.05) is 29.2 Å². The molecule has 2 aliphatic rings. The number of amides is 1. The summed E-state index contributed by atoms with van der Waals surface area (Å²) < 4.78 is 20.0. The molecular formula is C26H29FN4O2. The lowest BCUT2D eigenvalue weighted by Crippen LogP contribution is -2.43. The number of aromatic nitrogens is 3. The molecule has 3 heterocycles. The summed E-state index contributed by atoms with van der Waals surface area (Å²) in [4.78, 5) is 19.9. The van der Waals surface area contributed by atoms with E-state index in [2.05, 4.69) is 10.2 Å². The first kappa shape index (κ1) is 21.8. The van der Waals surface area contributed by atoms with Crippen LogP contribution in [-0.2, 0) is 24.0 Å². The van der Waals surface area contributed by atoms with E-state index in [9.17, 15) is 9.18 Å². The number of nitrogens with zero attached hydrogens (tertiary/aromatic N) is 3. The zero-order valence-corrected chi connectivity index (χ0v) is 18.7. The molecule has 0 bridgehead atoms. The standard InChI is InChI=1S/C26H29FN4O2/c27-21-11-6-5-8-18(21)16-19-9-7-13-23(28-19)24-17-31(14-15-33-24)26(32)25-20-10-3-1-2-4-12-22(20)29-30-25/h5-9,11,13,24H,1-4,10,12,14-17H2,(H,29,30). The third-order valence-corrected chi connectivity index (χ3v) is 6.60. The second kappa shape index (κ2) is 9.83. The molecular weight excluding hydrogens is 419 g/mol. The highest BCUT2D eigenvalue weighted by atomic mass is 19.1. The molecule has 2 aromatic heterocycles. The smallest absolute Gasteiger partial charge is 0.274 e. The number of morpholine rings is 1. The van der Waals surface area contributed by atoms with E-state index in [0.717, 1.165) is 48.3 Å². The quantitative estimate of drug-likeness (QED) is 0.642. The third-order valence-electron chi connectivity index (χ3n) is 6.60. The molecule has 6 nitrogen and oxygen atoms in total. The fraction of sp³-hybridized carbons (Fsp3) is 0.423. The van der Waals surface area contributed by atoms with Crippen molar-refractivity contribution in [3.8, 4) is 0 Å². The van der Waals surface area contributed by atoms with E-state index in [0.29, 0.717) is 37.4 Å². The number of aromatic amines is 1. The summed E-state index contributed by atoms with van der Waals surface area (Å²) in [5, 5.41) is 7.54. The highest BCUT2D eigenvalue weighted by Crippen LogP contribution is 2.26. The van der Waals surface area contributed by atoms with Crippen molar-refractivity contribution in [1.82, 2.24) is 20.1 Å². The summed E-state index contributed by atoms with van der Waals surface area (Å²) in [5.41, 5.74) is 4.92. The molecule has 1 saturated heterocycles. The lowest BCUT2D eigenvalue weighted by Gasteiger charge is -2.32. The molecule has 0 spiro atoms. The molecule has 1 aromatic carbocycles. The van der Waals surface area contributed by atoms with E-state index < -0.39 is 0 Å². The average Bonchev–Trinajstić information content (AvgIpc) is 3.21. The minimum Gasteiger partial charge on any atom is -0.368 e. The number of ether oxygens (including phenoxy) is 1. The maximum absolute atomic E-state index is 14.1. The van der Waals surface area contributed by atoms with Crippen LogP contribution in [0.1, 0.15) is 70.5 Å². The molecule has 172 valence electrons. The maximum Gasteiger partial charge on any atom is 0.274 e. The van der Waals surface area contributed by atoms with Gasteiger partial charge >= 0.3 is 0 Å². The van der Waals surface area contributed by atoms with Gasteiger partial charge in [0.25, 0.3) is 5.91 Å². The Bertz CT molecular complexity index is 1130. The summed E-state index contributed by atoms with van der Waals surface area (Å²) in [7, 11) is 0. The zero-order chi connectivity index (χ0) is 22.6. The number of fused-ring (bicyclic) bond motifs is 1. The fourth-order valence-electron chi connectivity index (χ4n) is 4.79. The number of carbonyl (C=O) groups is 1. The van der Waals surface area contributed by atoms with Crippen molar-refractivity contribution in [3.63, 3.8) is 0 Å². The van der Waals surface area contributed by atoms with Crippen molar-refractivity contribution in [1.29, 1.82) is 0 Å². The number of hydrogen-bond acceptors (Lipinski definition) is 4. The van der Waals surface area contributed by atoms with Crippen LogP contribution in [0, 0.1) is 5.82 Å². The van der Waals surface area contributed by atoms with Crippen LogP contribution in [0.3, 0.4) is 0 Å². The van der Waals surface area contributed by atoms with Gasteiger partial charge in [0.2, 0.25) is 0 Å². The lowest BCUT2D eigenvalue weighted by atomic mass is 9.96. The second-order valence-electron chi connectivity index (χ2n) is 8.88. The highest BCUT2D eigenvalue weighted by Gasteiger charge is 2.30. The Morgan fingerprint density at radius 3 is 2.82 bits per heavy atom.